The summed E-state index contributed by atoms with van der Waals surface area (Å²) in [6.45, 7) is 1.53. The van der Waals surface area contributed by atoms with E-state index in [2.05, 4.69) is 15.3 Å². The summed E-state index contributed by atoms with van der Waals surface area (Å²) >= 11 is 0. The van der Waals surface area contributed by atoms with Crippen molar-refractivity contribution in [1.29, 1.82) is 0 Å². The highest BCUT2D eigenvalue weighted by molar-refractivity contribution is 5.83. The molecule has 94 valence electrons. The predicted molar refractivity (Wildman–Crippen MR) is 75.5 cm³/mol. The maximum absolute atomic E-state index is 5.78. The first-order valence-electron chi connectivity index (χ1n) is 6.36. The van der Waals surface area contributed by atoms with Gasteiger partial charge in [0.15, 0.2) is 5.75 Å². The van der Waals surface area contributed by atoms with Gasteiger partial charge in [-0.05, 0) is 24.3 Å². The third kappa shape index (κ3) is 1.64. The van der Waals surface area contributed by atoms with Gasteiger partial charge in [0.1, 0.15) is 12.4 Å². The molecule has 0 radical (unpaired) electrons. The van der Waals surface area contributed by atoms with Crippen LogP contribution in [0.4, 0.5) is 5.69 Å². The monoisotopic (exact) mass is 251 g/mol. The van der Waals surface area contributed by atoms with Gasteiger partial charge in [0.05, 0.1) is 22.3 Å². The smallest absolute Gasteiger partial charge is 0.153 e. The second kappa shape index (κ2) is 4.02. The lowest BCUT2D eigenvalue weighted by Crippen LogP contribution is -2.18. The summed E-state index contributed by atoms with van der Waals surface area (Å²) in [4.78, 5) is 7.97. The highest BCUT2D eigenvalue weighted by Gasteiger charge is 2.17. The van der Waals surface area contributed by atoms with Crippen LogP contribution in [0.1, 0.15) is 0 Å². The number of H-pyrrole nitrogens is 1. The lowest BCUT2D eigenvalue weighted by atomic mass is 10.1. The molecule has 0 saturated carbocycles. The van der Waals surface area contributed by atoms with E-state index in [4.69, 9.17) is 4.74 Å². The molecule has 0 aliphatic carbocycles. The third-order valence-electron chi connectivity index (χ3n) is 3.32. The van der Waals surface area contributed by atoms with E-state index in [0.717, 1.165) is 40.4 Å². The van der Waals surface area contributed by atoms with Crippen molar-refractivity contribution >= 4 is 16.7 Å². The molecule has 0 atom stereocenters. The molecular weight excluding hydrogens is 238 g/mol. The molecule has 2 N–H and O–H groups in total. The molecule has 0 fully saturated rings. The van der Waals surface area contributed by atoms with Gasteiger partial charge in [-0.3, -0.25) is 0 Å². The zero-order valence-corrected chi connectivity index (χ0v) is 10.3. The molecule has 1 aromatic heterocycles. The highest BCUT2D eigenvalue weighted by atomic mass is 16.5. The van der Waals surface area contributed by atoms with Crippen LogP contribution in [0.5, 0.6) is 5.75 Å². The second-order valence-corrected chi connectivity index (χ2v) is 4.56. The maximum Gasteiger partial charge on any atom is 0.153 e. The van der Waals surface area contributed by atoms with Gasteiger partial charge in [-0.2, -0.15) is 0 Å². The minimum Gasteiger partial charge on any atom is -0.489 e. The summed E-state index contributed by atoms with van der Waals surface area (Å²) in [5.74, 6) is 1.73. The molecule has 0 spiro atoms. The Morgan fingerprint density at radius 2 is 2.00 bits per heavy atom. The number of hydrogen-bond donors (Lipinski definition) is 2. The number of hydrogen-bond acceptors (Lipinski definition) is 3. The Morgan fingerprint density at radius 1 is 1.05 bits per heavy atom. The molecule has 2 aromatic carbocycles. The zero-order chi connectivity index (χ0) is 12.7. The molecule has 4 rings (SSSR count). The van der Waals surface area contributed by atoms with Crippen molar-refractivity contribution in [3.05, 3.63) is 42.5 Å². The number of nitrogens with zero attached hydrogens (tertiary/aromatic N) is 1. The van der Waals surface area contributed by atoms with Crippen LogP contribution < -0.4 is 10.1 Å². The number of aromatic amines is 1. The first-order chi connectivity index (χ1) is 9.42. The number of nitrogens with one attached hydrogen (secondary N) is 2. The fourth-order valence-corrected chi connectivity index (χ4v) is 2.44. The molecule has 0 bridgehead atoms. The average molecular weight is 251 g/mol. The van der Waals surface area contributed by atoms with E-state index in [9.17, 15) is 0 Å². The Hall–Kier alpha value is -2.49. The molecule has 1 aliphatic rings. The van der Waals surface area contributed by atoms with Crippen LogP contribution >= 0.6 is 0 Å². The van der Waals surface area contributed by atoms with Gasteiger partial charge in [0.25, 0.3) is 0 Å². The van der Waals surface area contributed by atoms with Gasteiger partial charge in [-0.25, -0.2) is 4.98 Å². The number of aromatic nitrogens is 2. The molecule has 4 heteroatoms. The SMILES string of the molecule is c1cc2c(c(-c3nc4ccccc4[nH]3)c1)OCCN2. The first kappa shape index (κ1) is 10.4. The standard InChI is InChI=1S/C15H13N3O/c1-2-6-12-11(5-1)17-15(18-12)10-4-3-7-13-14(10)19-9-8-16-13/h1-7,16H,8-9H2,(H,17,18). The first-order valence-corrected chi connectivity index (χ1v) is 6.36. The number of imidazole rings is 1. The van der Waals surface area contributed by atoms with Crippen LogP contribution in [0.25, 0.3) is 22.4 Å². The fourth-order valence-electron chi connectivity index (χ4n) is 2.44. The Labute approximate surface area is 110 Å². The Kier molecular flexibility index (Phi) is 2.21. The third-order valence-corrected chi connectivity index (χ3v) is 3.32. The van der Waals surface area contributed by atoms with Crippen molar-refractivity contribution in [2.24, 2.45) is 0 Å². The number of ether oxygens (including phenoxy) is 1. The number of fused-ring (bicyclic) bond motifs is 2. The minimum absolute atomic E-state index is 0.685. The molecule has 3 aromatic rings. The van der Waals surface area contributed by atoms with Gasteiger partial charge >= 0.3 is 0 Å². The second-order valence-electron chi connectivity index (χ2n) is 4.56. The van der Waals surface area contributed by atoms with Crippen LogP contribution in [-0.4, -0.2) is 23.1 Å². The quantitative estimate of drug-likeness (QED) is 0.699. The lowest BCUT2D eigenvalue weighted by molar-refractivity contribution is 0.324. The van der Waals surface area contributed by atoms with Crippen LogP contribution in [0, 0.1) is 0 Å². The number of anilines is 1. The van der Waals surface area contributed by atoms with Crippen LogP contribution in [0.3, 0.4) is 0 Å². The molecule has 4 nitrogen and oxygen atoms in total. The number of rotatable bonds is 1. The van der Waals surface area contributed by atoms with E-state index >= 15 is 0 Å². The number of benzene rings is 2. The Morgan fingerprint density at radius 3 is 2.95 bits per heavy atom. The van der Waals surface area contributed by atoms with Crippen molar-refractivity contribution in [2.45, 2.75) is 0 Å². The van der Waals surface area contributed by atoms with E-state index in [1.165, 1.54) is 0 Å². The molecule has 1 aliphatic heterocycles. The largest absolute Gasteiger partial charge is 0.489 e. The van der Waals surface area contributed by atoms with Crippen molar-refractivity contribution in [1.82, 2.24) is 9.97 Å². The van der Waals surface area contributed by atoms with E-state index < -0.39 is 0 Å². The van der Waals surface area contributed by atoms with Crippen LogP contribution in [0.15, 0.2) is 42.5 Å². The van der Waals surface area contributed by atoms with Gasteiger partial charge in [-0.1, -0.05) is 18.2 Å². The fraction of sp³-hybridized carbons (Fsp3) is 0.133. The summed E-state index contributed by atoms with van der Waals surface area (Å²) in [5.41, 5.74) is 4.04. The van der Waals surface area contributed by atoms with E-state index in [-0.39, 0.29) is 0 Å². The molecule has 2 heterocycles. The minimum atomic E-state index is 0.685. The molecule has 0 saturated heterocycles. The van der Waals surface area contributed by atoms with Gasteiger partial charge in [0.2, 0.25) is 0 Å². The summed E-state index contributed by atoms with van der Waals surface area (Å²) in [5, 5.41) is 3.34. The predicted octanol–water partition coefficient (Wildman–Crippen LogP) is 3.03. The lowest BCUT2D eigenvalue weighted by Gasteiger charge is -2.20. The summed E-state index contributed by atoms with van der Waals surface area (Å²) in [6, 6.07) is 14.1. The van der Waals surface area contributed by atoms with Crippen molar-refractivity contribution in [3.8, 4) is 17.1 Å². The van der Waals surface area contributed by atoms with Crippen molar-refractivity contribution < 1.29 is 4.74 Å². The van der Waals surface area contributed by atoms with E-state index in [1.54, 1.807) is 0 Å². The zero-order valence-electron chi connectivity index (χ0n) is 10.3. The summed E-state index contributed by atoms with van der Waals surface area (Å²) in [7, 11) is 0. The van der Waals surface area contributed by atoms with Crippen molar-refractivity contribution in [2.75, 3.05) is 18.5 Å². The van der Waals surface area contributed by atoms with Gasteiger partial charge < -0.3 is 15.0 Å². The summed E-state index contributed by atoms with van der Waals surface area (Å²) < 4.78 is 5.78. The molecule has 0 unspecified atom stereocenters. The summed E-state index contributed by atoms with van der Waals surface area (Å²) in [6.07, 6.45) is 0. The maximum atomic E-state index is 5.78. The normalized spacial score (nSPS) is 13.7. The van der Waals surface area contributed by atoms with Gasteiger partial charge in [0, 0.05) is 6.54 Å². The van der Waals surface area contributed by atoms with Crippen LogP contribution in [-0.2, 0) is 0 Å². The number of para-hydroxylation sites is 3. The Balaban J connectivity index is 1.92. The van der Waals surface area contributed by atoms with E-state index in [0.29, 0.717) is 6.61 Å². The van der Waals surface area contributed by atoms with Gasteiger partial charge in [-0.15, -0.1) is 0 Å². The molecule has 19 heavy (non-hydrogen) atoms. The van der Waals surface area contributed by atoms with Crippen molar-refractivity contribution in [3.63, 3.8) is 0 Å². The molecule has 0 amide bonds. The molecular formula is C15H13N3O. The highest BCUT2D eigenvalue weighted by Crippen LogP contribution is 2.37. The van der Waals surface area contributed by atoms with E-state index in [1.807, 2.05) is 42.5 Å². The Bertz CT molecular complexity index is 715. The van der Waals surface area contributed by atoms with Crippen LogP contribution in [0.2, 0.25) is 0 Å². The average Bonchev–Trinajstić information content (AvgIpc) is 2.90. The topological polar surface area (TPSA) is 49.9 Å².